The topological polar surface area (TPSA) is 67.5 Å². The molecule has 0 spiro atoms. The molecule has 0 saturated carbocycles. The lowest BCUT2D eigenvalue weighted by molar-refractivity contribution is 0.249. The van der Waals surface area contributed by atoms with Gasteiger partial charge in [-0.25, -0.2) is 10.2 Å². The highest BCUT2D eigenvalue weighted by molar-refractivity contribution is 5.87. The Balaban J connectivity index is 4.17. The number of carbonyl (C=O) groups excluding carboxylic acids is 1. The molecular formula is C9H17N3O. The van der Waals surface area contributed by atoms with Crippen LogP contribution in [0, 0.1) is 0 Å². The maximum atomic E-state index is 10.4. The molecule has 13 heavy (non-hydrogen) atoms. The highest BCUT2D eigenvalue weighted by atomic mass is 16.2. The molecule has 0 unspecified atom stereocenters. The lowest BCUT2D eigenvalue weighted by atomic mass is 10.1. The second-order valence-corrected chi connectivity index (χ2v) is 2.82. The summed E-state index contributed by atoms with van der Waals surface area (Å²) in [7, 11) is 0. The van der Waals surface area contributed by atoms with E-state index in [4.69, 9.17) is 5.73 Å². The predicted molar refractivity (Wildman–Crippen MR) is 54.5 cm³/mol. The van der Waals surface area contributed by atoms with Crippen molar-refractivity contribution in [2.45, 2.75) is 33.6 Å². The molecule has 0 bridgehead atoms. The fraction of sp³-hybridized carbons (Fsp3) is 0.556. The van der Waals surface area contributed by atoms with Crippen LogP contribution < -0.4 is 11.2 Å². The molecule has 0 saturated heterocycles. The van der Waals surface area contributed by atoms with Gasteiger partial charge in [0.25, 0.3) is 0 Å². The molecule has 0 atom stereocenters. The fourth-order valence-electron chi connectivity index (χ4n) is 0.802. The third-order valence-electron chi connectivity index (χ3n) is 1.71. The lowest BCUT2D eigenvalue weighted by Crippen LogP contribution is -2.25. The summed E-state index contributed by atoms with van der Waals surface area (Å²) in [5, 5.41) is 3.88. The van der Waals surface area contributed by atoms with Crippen molar-refractivity contribution in [3.05, 3.63) is 11.6 Å². The van der Waals surface area contributed by atoms with Crippen molar-refractivity contribution in [2.24, 2.45) is 10.8 Å². The molecule has 0 rings (SSSR count). The van der Waals surface area contributed by atoms with Crippen molar-refractivity contribution < 1.29 is 4.79 Å². The van der Waals surface area contributed by atoms with E-state index < -0.39 is 6.03 Å². The van der Waals surface area contributed by atoms with Crippen LogP contribution in [0.3, 0.4) is 0 Å². The molecule has 2 amide bonds. The molecule has 0 radical (unpaired) electrons. The van der Waals surface area contributed by atoms with Crippen molar-refractivity contribution in [1.29, 1.82) is 0 Å². The molecule has 0 fully saturated rings. The van der Waals surface area contributed by atoms with Crippen molar-refractivity contribution in [2.75, 3.05) is 0 Å². The first-order valence-electron chi connectivity index (χ1n) is 4.32. The van der Waals surface area contributed by atoms with Gasteiger partial charge in [0.1, 0.15) is 0 Å². The molecule has 0 aliphatic heterocycles. The predicted octanol–water partition coefficient (Wildman–Crippen LogP) is 1.78. The van der Waals surface area contributed by atoms with Gasteiger partial charge < -0.3 is 5.73 Å². The number of hydrogen-bond acceptors (Lipinski definition) is 2. The van der Waals surface area contributed by atoms with Gasteiger partial charge in [0.2, 0.25) is 0 Å². The average molecular weight is 183 g/mol. The molecule has 74 valence electrons. The summed E-state index contributed by atoms with van der Waals surface area (Å²) in [6.07, 6.45) is 3.62. The summed E-state index contributed by atoms with van der Waals surface area (Å²) >= 11 is 0. The average Bonchev–Trinajstić information content (AvgIpc) is 2.11. The van der Waals surface area contributed by atoms with Gasteiger partial charge in [0.15, 0.2) is 0 Å². The zero-order valence-corrected chi connectivity index (χ0v) is 8.42. The Morgan fingerprint density at radius 3 is 2.62 bits per heavy atom. The molecule has 0 aliphatic rings. The minimum Gasteiger partial charge on any atom is -0.350 e. The van der Waals surface area contributed by atoms with Crippen molar-refractivity contribution in [3.8, 4) is 0 Å². The molecule has 4 heteroatoms. The van der Waals surface area contributed by atoms with Gasteiger partial charge in [-0.2, -0.15) is 5.10 Å². The molecule has 3 N–H and O–H groups in total. The number of hydrazone groups is 1. The van der Waals surface area contributed by atoms with E-state index in [1.807, 2.05) is 26.8 Å². The van der Waals surface area contributed by atoms with Crippen molar-refractivity contribution >= 4 is 11.7 Å². The minimum absolute atomic E-state index is 0.621. The van der Waals surface area contributed by atoms with Gasteiger partial charge >= 0.3 is 6.03 Å². The quantitative estimate of drug-likeness (QED) is 0.389. The van der Waals surface area contributed by atoms with Gasteiger partial charge in [0, 0.05) is 12.1 Å². The normalized spacial score (nSPS) is 12.8. The molecule has 0 aromatic carbocycles. The van der Waals surface area contributed by atoms with Crippen molar-refractivity contribution in [3.63, 3.8) is 0 Å². The highest BCUT2D eigenvalue weighted by Gasteiger charge is 1.98. The number of amides is 2. The summed E-state index contributed by atoms with van der Waals surface area (Å²) in [6.45, 7) is 5.99. The second-order valence-electron chi connectivity index (χ2n) is 2.82. The number of urea groups is 1. The second kappa shape index (κ2) is 6.22. The Morgan fingerprint density at radius 1 is 1.62 bits per heavy atom. The number of rotatable bonds is 4. The van der Waals surface area contributed by atoms with Gasteiger partial charge in [-0.05, 0) is 20.3 Å². The number of nitrogens with one attached hydrogen (secondary N) is 1. The van der Waals surface area contributed by atoms with Crippen LogP contribution in [-0.4, -0.2) is 11.7 Å². The Kier molecular flexibility index (Phi) is 5.59. The third kappa shape index (κ3) is 5.90. The third-order valence-corrected chi connectivity index (χ3v) is 1.71. The molecule has 0 aliphatic carbocycles. The standard InChI is InChI=1S/C9H17N3O/c1-4-7(3)6-8(5-2)11-12-9(10)13/h4H,5-6H2,1-3H3,(H3,10,12,13). The first kappa shape index (κ1) is 11.7. The van der Waals surface area contributed by atoms with Gasteiger partial charge in [-0.3, -0.25) is 0 Å². The maximum absolute atomic E-state index is 10.4. The minimum atomic E-state index is -0.621. The van der Waals surface area contributed by atoms with Gasteiger partial charge in [-0.15, -0.1) is 0 Å². The van der Waals surface area contributed by atoms with Crippen LogP contribution in [-0.2, 0) is 0 Å². The zero-order valence-electron chi connectivity index (χ0n) is 8.42. The van der Waals surface area contributed by atoms with Crippen LogP contribution in [0.2, 0.25) is 0 Å². The van der Waals surface area contributed by atoms with Crippen LogP contribution in [0.4, 0.5) is 4.79 Å². The van der Waals surface area contributed by atoms with E-state index in [0.29, 0.717) is 0 Å². The molecule has 0 heterocycles. The van der Waals surface area contributed by atoms with E-state index in [1.165, 1.54) is 5.57 Å². The zero-order chi connectivity index (χ0) is 10.3. The van der Waals surface area contributed by atoms with Crippen LogP contribution >= 0.6 is 0 Å². The maximum Gasteiger partial charge on any atom is 0.332 e. The number of allylic oxidation sites excluding steroid dienone is 2. The molecule has 4 nitrogen and oxygen atoms in total. The van der Waals surface area contributed by atoms with E-state index in [0.717, 1.165) is 18.6 Å². The molecular weight excluding hydrogens is 166 g/mol. The summed E-state index contributed by atoms with van der Waals surface area (Å²) in [5.74, 6) is 0. The van der Waals surface area contributed by atoms with E-state index in [2.05, 4.69) is 10.5 Å². The van der Waals surface area contributed by atoms with Crippen LogP contribution in [0.15, 0.2) is 16.8 Å². The summed E-state index contributed by atoms with van der Waals surface area (Å²) < 4.78 is 0. The Labute approximate surface area is 78.9 Å². The van der Waals surface area contributed by atoms with Gasteiger partial charge in [-0.1, -0.05) is 18.6 Å². The van der Waals surface area contributed by atoms with E-state index in [9.17, 15) is 4.79 Å². The number of primary amides is 1. The van der Waals surface area contributed by atoms with Crippen LogP contribution in [0.1, 0.15) is 33.6 Å². The molecule has 0 aromatic heterocycles. The van der Waals surface area contributed by atoms with Gasteiger partial charge in [0.05, 0.1) is 0 Å². The lowest BCUT2D eigenvalue weighted by Gasteiger charge is -2.03. The number of hydrogen-bond donors (Lipinski definition) is 2. The SMILES string of the molecule is CC=C(C)CC(CC)=NNC(N)=O. The Bertz CT molecular complexity index is 231. The summed E-state index contributed by atoms with van der Waals surface area (Å²) in [5.41, 5.74) is 9.27. The van der Waals surface area contributed by atoms with E-state index in [-0.39, 0.29) is 0 Å². The number of nitrogens with zero attached hydrogens (tertiary/aromatic N) is 1. The monoisotopic (exact) mass is 183 g/mol. The van der Waals surface area contributed by atoms with Crippen LogP contribution in [0.25, 0.3) is 0 Å². The van der Waals surface area contributed by atoms with Crippen molar-refractivity contribution in [1.82, 2.24) is 5.43 Å². The summed E-state index contributed by atoms with van der Waals surface area (Å²) in [6, 6.07) is -0.621. The summed E-state index contributed by atoms with van der Waals surface area (Å²) in [4.78, 5) is 10.4. The van der Waals surface area contributed by atoms with E-state index in [1.54, 1.807) is 0 Å². The Morgan fingerprint density at radius 2 is 2.23 bits per heavy atom. The smallest absolute Gasteiger partial charge is 0.332 e. The fourth-order valence-corrected chi connectivity index (χ4v) is 0.802. The number of nitrogens with two attached hydrogens (primary N) is 1. The highest BCUT2D eigenvalue weighted by Crippen LogP contribution is 2.03. The van der Waals surface area contributed by atoms with Crippen LogP contribution in [0.5, 0.6) is 0 Å². The molecule has 0 aromatic rings. The first-order chi connectivity index (χ1) is 6.10. The first-order valence-corrected chi connectivity index (χ1v) is 4.32. The largest absolute Gasteiger partial charge is 0.350 e. The Hall–Kier alpha value is -1.32. The number of carbonyl (C=O) groups is 1. The van der Waals surface area contributed by atoms with E-state index >= 15 is 0 Å².